The number of rotatable bonds is 7. The van der Waals surface area contributed by atoms with E-state index in [1.165, 1.54) is 20.2 Å². The monoisotopic (exact) mass is 389 g/mol. The predicted octanol–water partition coefficient (Wildman–Crippen LogP) is 0.867. The Labute approximate surface area is 139 Å². The van der Waals surface area contributed by atoms with Crippen LogP contribution >= 0.6 is 0 Å². The number of anilines is 1. The van der Waals surface area contributed by atoms with Gasteiger partial charge in [-0.1, -0.05) is 6.07 Å². The minimum Gasteiger partial charge on any atom is -0.269 e. The summed E-state index contributed by atoms with van der Waals surface area (Å²) < 4.78 is 88.9. The molecule has 138 valence electrons. The first-order valence-electron chi connectivity index (χ1n) is 6.57. The highest BCUT2D eigenvalue weighted by Gasteiger charge is 2.31. The van der Waals surface area contributed by atoms with Crippen molar-refractivity contribution in [3.05, 3.63) is 29.8 Å². The highest BCUT2D eigenvalue weighted by Crippen LogP contribution is 2.32. The Kier molecular flexibility index (Phi) is 6.25. The van der Waals surface area contributed by atoms with Gasteiger partial charge < -0.3 is 0 Å². The molecule has 1 aromatic carbocycles. The summed E-state index contributed by atoms with van der Waals surface area (Å²) in [5.41, 5.74) is -1.20. The van der Waals surface area contributed by atoms with E-state index < -0.39 is 32.0 Å². The summed E-state index contributed by atoms with van der Waals surface area (Å²) in [5.74, 6) is 0. The molecule has 0 saturated heterocycles. The van der Waals surface area contributed by atoms with Crippen LogP contribution in [0.2, 0.25) is 0 Å². The average Bonchev–Trinajstić information content (AvgIpc) is 2.41. The number of sulfonamides is 1. The van der Waals surface area contributed by atoms with Gasteiger partial charge in [-0.25, -0.2) is 13.1 Å². The maximum absolute atomic E-state index is 12.8. The largest absolute Gasteiger partial charge is 0.416 e. The fourth-order valence-corrected chi connectivity index (χ4v) is 3.26. The van der Waals surface area contributed by atoms with Crippen molar-refractivity contribution in [1.29, 1.82) is 0 Å². The van der Waals surface area contributed by atoms with E-state index >= 15 is 0 Å². The normalized spacial score (nSPS) is 13.3. The third-order valence-corrected chi connectivity index (χ3v) is 5.67. The second-order valence-electron chi connectivity index (χ2n) is 5.06. The maximum Gasteiger partial charge on any atom is 0.416 e. The number of hydrogen-bond donors (Lipinski definition) is 1. The summed E-state index contributed by atoms with van der Waals surface area (Å²) in [7, 11) is -5.11. The van der Waals surface area contributed by atoms with Gasteiger partial charge in [-0.15, -0.1) is 0 Å². The molecule has 0 atom stereocenters. The summed E-state index contributed by atoms with van der Waals surface area (Å²) in [6.45, 7) is -0.656. The highest BCUT2D eigenvalue weighted by molar-refractivity contribution is 7.92. The Hall–Kier alpha value is -1.37. The molecule has 0 bridgehead atoms. The molecule has 0 heterocycles. The second-order valence-corrected chi connectivity index (χ2v) is 8.94. The predicted molar refractivity (Wildman–Crippen MR) is 84.2 cm³/mol. The van der Waals surface area contributed by atoms with Crippen LogP contribution in [0.25, 0.3) is 0 Å². The van der Waals surface area contributed by atoms with Gasteiger partial charge in [0.05, 0.1) is 17.5 Å². The van der Waals surface area contributed by atoms with Gasteiger partial charge in [-0.05, 0) is 18.2 Å². The zero-order valence-corrected chi connectivity index (χ0v) is 14.8. The Balaban J connectivity index is 3.05. The van der Waals surface area contributed by atoms with Crippen LogP contribution in [-0.4, -0.2) is 54.6 Å². The molecule has 0 unspecified atom stereocenters. The van der Waals surface area contributed by atoms with Gasteiger partial charge in [0.2, 0.25) is 10.0 Å². The highest BCUT2D eigenvalue weighted by atomic mass is 32.2. The van der Waals surface area contributed by atoms with Crippen LogP contribution in [0.5, 0.6) is 0 Å². The summed E-state index contributed by atoms with van der Waals surface area (Å²) in [5, 5.41) is 0. The number of nitrogens with one attached hydrogen (secondary N) is 1. The Morgan fingerprint density at radius 3 is 2.17 bits per heavy atom. The van der Waals surface area contributed by atoms with Crippen LogP contribution in [0.3, 0.4) is 0 Å². The summed E-state index contributed by atoms with van der Waals surface area (Å²) >= 11 is 0. The van der Waals surface area contributed by atoms with Crippen molar-refractivity contribution >= 4 is 25.9 Å². The zero-order chi connectivity index (χ0) is 18.8. The van der Waals surface area contributed by atoms with Crippen molar-refractivity contribution in [2.24, 2.45) is 0 Å². The minimum atomic E-state index is -4.62. The van der Waals surface area contributed by atoms with Gasteiger partial charge in [0.25, 0.3) is 10.2 Å². The Morgan fingerprint density at radius 2 is 1.71 bits per heavy atom. The molecule has 12 heteroatoms. The van der Waals surface area contributed by atoms with Crippen molar-refractivity contribution in [1.82, 2.24) is 9.03 Å². The quantitative estimate of drug-likeness (QED) is 0.750. The van der Waals surface area contributed by atoms with Crippen molar-refractivity contribution in [2.75, 3.05) is 37.7 Å². The third-order valence-electron chi connectivity index (χ3n) is 2.94. The molecule has 0 fully saturated rings. The minimum absolute atomic E-state index is 0.198. The zero-order valence-electron chi connectivity index (χ0n) is 13.2. The topological polar surface area (TPSA) is 86.8 Å². The van der Waals surface area contributed by atoms with Crippen LogP contribution in [0, 0.1) is 0 Å². The van der Waals surface area contributed by atoms with Crippen LogP contribution < -0.4 is 9.03 Å². The van der Waals surface area contributed by atoms with E-state index in [4.69, 9.17) is 0 Å². The lowest BCUT2D eigenvalue weighted by molar-refractivity contribution is -0.137. The van der Waals surface area contributed by atoms with E-state index in [1.807, 2.05) is 0 Å². The maximum atomic E-state index is 12.8. The van der Waals surface area contributed by atoms with Gasteiger partial charge in [-0.2, -0.15) is 25.9 Å². The van der Waals surface area contributed by atoms with E-state index in [0.29, 0.717) is 10.4 Å². The molecule has 0 aliphatic heterocycles. The lowest BCUT2D eigenvalue weighted by atomic mass is 10.2. The lowest BCUT2D eigenvalue weighted by Crippen LogP contribution is -2.42. The Bertz CT molecular complexity index is 777. The second kappa shape index (κ2) is 7.25. The van der Waals surface area contributed by atoms with Gasteiger partial charge in [-0.3, -0.25) is 4.31 Å². The fourth-order valence-electron chi connectivity index (χ4n) is 1.73. The van der Waals surface area contributed by atoms with E-state index in [9.17, 15) is 30.0 Å². The first-order chi connectivity index (χ1) is 10.7. The molecule has 0 aliphatic carbocycles. The van der Waals surface area contributed by atoms with E-state index in [2.05, 4.69) is 4.72 Å². The molecule has 0 aromatic heterocycles. The number of halogens is 3. The smallest absolute Gasteiger partial charge is 0.269 e. The van der Waals surface area contributed by atoms with Crippen molar-refractivity contribution in [2.45, 2.75) is 6.18 Å². The number of benzene rings is 1. The molecule has 0 saturated carbocycles. The first-order valence-corrected chi connectivity index (χ1v) is 9.86. The van der Waals surface area contributed by atoms with Gasteiger partial charge in [0.1, 0.15) is 0 Å². The Morgan fingerprint density at radius 1 is 1.12 bits per heavy atom. The molecule has 0 spiro atoms. The number of alkyl halides is 3. The van der Waals surface area contributed by atoms with Gasteiger partial charge >= 0.3 is 6.18 Å². The molecular weight excluding hydrogens is 371 g/mol. The number of hydrogen-bond acceptors (Lipinski definition) is 4. The van der Waals surface area contributed by atoms with Gasteiger partial charge in [0.15, 0.2) is 0 Å². The molecule has 24 heavy (non-hydrogen) atoms. The van der Waals surface area contributed by atoms with Crippen molar-refractivity contribution < 1.29 is 30.0 Å². The average molecular weight is 389 g/mol. The van der Waals surface area contributed by atoms with Crippen LogP contribution in [0.4, 0.5) is 18.9 Å². The molecule has 7 nitrogen and oxygen atoms in total. The SMILES string of the molecule is CN(C)S(=O)(=O)NCCN(c1cccc(C(F)(F)F)c1)S(C)(=O)=O. The summed E-state index contributed by atoms with van der Waals surface area (Å²) in [6.07, 6.45) is -3.79. The van der Waals surface area contributed by atoms with E-state index in [-0.39, 0.29) is 18.8 Å². The lowest BCUT2D eigenvalue weighted by Gasteiger charge is -2.24. The van der Waals surface area contributed by atoms with Crippen LogP contribution in [0.15, 0.2) is 24.3 Å². The van der Waals surface area contributed by atoms with Gasteiger partial charge in [0, 0.05) is 27.2 Å². The van der Waals surface area contributed by atoms with E-state index in [0.717, 1.165) is 22.7 Å². The van der Waals surface area contributed by atoms with Crippen molar-refractivity contribution in [3.63, 3.8) is 0 Å². The third kappa shape index (κ3) is 5.61. The van der Waals surface area contributed by atoms with Crippen LogP contribution in [0.1, 0.15) is 5.56 Å². The number of nitrogens with zero attached hydrogens (tertiary/aromatic N) is 2. The standard InChI is InChI=1S/C12H18F3N3O4S2/c1-17(2)24(21,22)16-7-8-18(23(3,19)20)11-6-4-5-10(9-11)12(13,14)15/h4-6,9,16H,7-8H2,1-3H3. The fraction of sp³-hybridized carbons (Fsp3) is 0.500. The molecule has 1 N–H and O–H groups in total. The van der Waals surface area contributed by atoms with Crippen LogP contribution in [-0.2, 0) is 26.4 Å². The molecular formula is C12H18F3N3O4S2. The molecule has 1 aromatic rings. The van der Waals surface area contributed by atoms with E-state index in [1.54, 1.807) is 0 Å². The molecule has 1 rings (SSSR count). The summed E-state index contributed by atoms with van der Waals surface area (Å²) in [6, 6.07) is 3.80. The molecule has 0 amide bonds. The molecule has 0 aliphatic rings. The first kappa shape index (κ1) is 20.7. The molecule has 0 radical (unpaired) electrons. The van der Waals surface area contributed by atoms with Crippen molar-refractivity contribution in [3.8, 4) is 0 Å². The summed E-state index contributed by atoms with van der Waals surface area (Å²) in [4.78, 5) is 0.